The second-order valence-electron chi connectivity index (χ2n) is 7.91. The van der Waals surface area contributed by atoms with E-state index in [1.807, 2.05) is 34.1 Å². The molecule has 0 saturated carbocycles. The number of pyridine rings is 1. The lowest BCUT2D eigenvalue weighted by Crippen LogP contribution is -2.44. The third-order valence-electron chi connectivity index (χ3n) is 5.98. The molecule has 0 atom stereocenters. The summed E-state index contributed by atoms with van der Waals surface area (Å²) in [6.45, 7) is 2.63. The SMILES string of the molecule is COc1ccc(CN2CC3(CCN(C(=O)c4cccc(Cl)n4)CC3)CC2=O)cc1. The number of carbonyl (C=O) groups excluding carboxylic acids is 2. The number of methoxy groups -OCH3 is 1. The van der Waals surface area contributed by atoms with E-state index in [0.29, 0.717) is 36.9 Å². The highest BCUT2D eigenvalue weighted by Crippen LogP contribution is 2.41. The summed E-state index contributed by atoms with van der Waals surface area (Å²) < 4.78 is 5.19. The fourth-order valence-electron chi connectivity index (χ4n) is 4.29. The molecule has 4 rings (SSSR count). The number of ether oxygens (including phenoxy) is 1. The number of benzene rings is 1. The van der Waals surface area contributed by atoms with E-state index in [1.165, 1.54) is 0 Å². The minimum absolute atomic E-state index is 0.0396. The molecule has 2 aliphatic rings. The van der Waals surface area contributed by atoms with E-state index in [0.717, 1.165) is 30.7 Å². The monoisotopic (exact) mass is 413 g/mol. The number of halogens is 1. The normalized spacial score (nSPS) is 18.3. The first-order valence-corrected chi connectivity index (χ1v) is 10.2. The highest BCUT2D eigenvalue weighted by molar-refractivity contribution is 6.29. The zero-order valence-corrected chi connectivity index (χ0v) is 17.2. The van der Waals surface area contributed by atoms with Gasteiger partial charge in [-0.2, -0.15) is 0 Å². The lowest BCUT2D eigenvalue weighted by Gasteiger charge is -2.38. The van der Waals surface area contributed by atoms with Gasteiger partial charge in [-0.15, -0.1) is 0 Å². The van der Waals surface area contributed by atoms with Crippen LogP contribution in [0.4, 0.5) is 0 Å². The van der Waals surface area contributed by atoms with Crippen molar-refractivity contribution in [2.24, 2.45) is 5.41 Å². The van der Waals surface area contributed by atoms with Gasteiger partial charge in [0.1, 0.15) is 16.6 Å². The maximum absolute atomic E-state index is 12.7. The van der Waals surface area contributed by atoms with E-state index < -0.39 is 0 Å². The van der Waals surface area contributed by atoms with E-state index >= 15 is 0 Å². The third-order valence-corrected chi connectivity index (χ3v) is 6.19. The van der Waals surface area contributed by atoms with Gasteiger partial charge in [-0.3, -0.25) is 9.59 Å². The minimum Gasteiger partial charge on any atom is -0.497 e. The smallest absolute Gasteiger partial charge is 0.272 e. The first-order chi connectivity index (χ1) is 14.0. The zero-order valence-electron chi connectivity index (χ0n) is 16.4. The Morgan fingerprint density at radius 3 is 2.55 bits per heavy atom. The summed E-state index contributed by atoms with van der Waals surface area (Å²) in [6.07, 6.45) is 2.20. The number of piperidine rings is 1. The Balaban J connectivity index is 1.37. The zero-order chi connectivity index (χ0) is 20.4. The molecule has 3 heterocycles. The van der Waals surface area contributed by atoms with Crippen molar-refractivity contribution in [1.82, 2.24) is 14.8 Å². The van der Waals surface area contributed by atoms with Gasteiger partial charge >= 0.3 is 0 Å². The average molecular weight is 414 g/mol. The number of carbonyl (C=O) groups is 2. The second-order valence-corrected chi connectivity index (χ2v) is 8.30. The molecule has 1 aromatic heterocycles. The molecule has 1 aromatic carbocycles. The molecule has 6 nitrogen and oxygen atoms in total. The average Bonchev–Trinajstić information content (AvgIpc) is 3.03. The summed E-state index contributed by atoms with van der Waals surface area (Å²) in [5.41, 5.74) is 1.43. The van der Waals surface area contributed by atoms with Gasteiger partial charge in [0.15, 0.2) is 0 Å². The van der Waals surface area contributed by atoms with Crippen molar-refractivity contribution in [2.75, 3.05) is 26.7 Å². The molecule has 2 fully saturated rings. The van der Waals surface area contributed by atoms with Crippen LogP contribution < -0.4 is 4.74 Å². The predicted molar refractivity (Wildman–Crippen MR) is 110 cm³/mol. The van der Waals surface area contributed by atoms with Gasteiger partial charge in [0, 0.05) is 38.0 Å². The van der Waals surface area contributed by atoms with Gasteiger partial charge < -0.3 is 14.5 Å². The number of likely N-dealkylation sites (tertiary alicyclic amines) is 2. The van der Waals surface area contributed by atoms with E-state index in [1.54, 1.807) is 25.3 Å². The summed E-state index contributed by atoms with van der Waals surface area (Å²) >= 11 is 5.91. The van der Waals surface area contributed by atoms with Crippen LogP contribution >= 0.6 is 11.6 Å². The maximum atomic E-state index is 12.7. The maximum Gasteiger partial charge on any atom is 0.272 e. The Morgan fingerprint density at radius 1 is 1.17 bits per heavy atom. The van der Waals surface area contributed by atoms with E-state index in [2.05, 4.69) is 4.98 Å². The number of nitrogens with zero attached hydrogens (tertiary/aromatic N) is 3. The third kappa shape index (κ3) is 4.22. The molecule has 0 radical (unpaired) electrons. The summed E-state index contributed by atoms with van der Waals surface area (Å²) in [5, 5.41) is 0.319. The van der Waals surface area contributed by atoms with Crippen LogP contribution in [0.5, 0.6) is 5.75 Å². The Morgan fingerprint density at radius 2 is 1.90 bits per heavy atom. The van der Waals surface area contributed by atoms with Crippen LogP contribution in [0.2, 0.25) is 5.15 Å². The van der Waals surface area contributed by atoms with Crippen LogP contribution in [-0.2, 0) is 11.3 Å². The lowest BCUT2D eigenvalue weighted by molar-refractivity contribution is -0.128. The van der Waals surface area contributed by atoms with Crippen LogP contribution in [0.15, 0.2) is 42.5 Å². The van der Waals surface area contributed by atoms with Gasteiger partial charge in [0.2, 0.25) is 5.91 Å². The number of hydrogen-bond donors (Lipinski definition) is 0. The van der Waals surface area contributed by atoms with E-state index in [4.69, 9.17) is 16.3 Å². The molecular weight excluding hydrogens is 390 g/mol. The largest absolute Gasteiger partial charge is 0.497 e. The van der Waals surface area contributed by atoms with Crippen LogP contribution in [0.1, 0.15) is 35.3 Å². The van der Waals surface area contributed by atoms with Crippen molar-refractivity contribution in [3.8, 4) is 5.75 Å². The molecule has 1 spiro atoms. The lowest BCUT2D eigenvalue weighted by atomic mass is 9.77. The number of amides is 2. The number of aromatic nitrogens is 1. The Labute approximate surface area is 175 Å². The Hall–Kier alpha value is -2.60. The van der Waals surface area contributed by atoms with Crippen LogP contribution in [0.25, 0.3) is 0 Å². The summed E-state index contributed by atoms with van der Waals surface area (Å²) in [7, 11) is 1.64. The van der Waals surface area contributed by atoms with Gasteiger partial charge in [-0.1, -0.05) is 29.8 Å². The number of hydrogen-bond acceptors (Lipinski definition) is 4. The fraction of sp³-hybridized carbons (Fsp3) is 0.409. The van der Waals surface area contributed by atoms with Gasteiger partial charge in [-0.05, 0) is 42.7 Å². The molecule has 2 aromatic rings. The fourth-order valence-corrected chi connectivity index (χ4v) is 4.45. The molecule has 2 amide bonds. The first kappa shape index (κ1) is 19.7. The van der Waals surface area contributed by atoms with Gasteiger partial charge in [0.05, 0.1) is 7.11 Å². The highest BCUT2D eigenvalue weighted by Gasteiger charge is 2.45. The standard InChI is InChI=1S/C22H24ClN3O3/c1-29-17-7-5-16(6-8-17)14-26-15-22(13-20(26)27)9-11-25(12-10-22)21(28)18-3-2-4-19(23)24-18/h2-8H,9-15H2,1H3. The van der Waals surface area contributed by atoms with Crippen LogP contribution in [0.3, 0.4) is 0 Å². The molecule has 29 heavy (non-hydrogen) atoms. The quantitative estimate of drug-likeness (QED) is 0.721. The molecule has 2 saturated heterocycles. The number of rotatable bonds is 4. The highest BCUT2D eigenvalue weighted by atomic mass is 35.5. The molecule has 7 heteroatoms. The van der Waals surface area contributed by atoms with Crippen molar-refractivity contribution in [2.45, 2.75) is 25.8 Å². The molecule has 152 valence electrons. The molecule has 2 aliphatic heterocycles. The van der Waals surface area contributed by atoms with Crippen LogP contribution in [0, 0.1) is 5.41 Å². The van der Waals surface area contributed by atoms with E-state index in [-0.39, 0.29) is 17.2 Å². The summed E-state index contributed by atoms with van der Waals surface area (Å²) in [5.74, 6) is 0.906. The topological polar surface area (TPSA) is 62.7 Å². The Kier molecular flexibility index (Phi) is 5.46. The van der Waals surface area contributed by atoms with E-state index in [9.17, 15) is 9.59 Å². The minimum atomic E-state index is -0.0956. The molecule has 0 bridgehead atoms. The molecule has 0 unspecified atom stereocenters. The van der Waals surface area contributed by atoms with Gasteiger partial charge in [0.25, 0.3) is 5.91 Å². The van der Waals surface area contributed by atoms with Gasteiger partial charge in [-0.25, -0.2) is 4.98 Å². The molecular formula is C22H24ClN3O3. The van der Waals surface area contributed by atoms with Crippen molar-refractivity contribution in [1.29, 1.82) is 0 Å². The first-order valence-electron chi connectivity index (χ1n) is 9.81. The van der Waals surface area contributed by atoms with Crippen molar-refractivity contribution in [3.05, 3.63) is 58.9 Å². The summed E-state index contributed by atoms with van der Waals surface area (Å²) in [4.78, 5) is 33.2. The Bertz CT molecular complexity index is 908. The molecule has 0 N–H and O–H groups in total. The van der Waals surface area contributed by atoms with Crippen molar-refractivity contribution < 1.29 is 14.3 Å². The van der Waals surface area contributed by atoms with Crippen molar-refractivity contribution >= 4 is 23.4 Å². The van der Waals surface area contributed by atoms with Crippen LogP contribution in [-0.4, -0.2) is 53.3 Å². The molecule has 0 aliphatic carbocycles. The second kappa shape index (κ2) is 8.03. The van der Waals surface area contributed by atoms with Crippen molar-refractivity contribution in [3.63, 3.8) is 0 Å². The predicted octanol–water partition coefficient (Wildman–Crippen LogP) is 3.40. The summed E-state index contributed by atoms with van der Waals surface area (Å²) in [6, 6.07) is 12.9.